The molecule has 5 nitrogen and oxygen atoms in total. The first kappa shape index (κ1) is 17.6. The van der Waals surface area contributed by atoms with Crippen molar-refractivity contribution in [1.29, 1.82) is 0 Å². The summed E-state index contributed by atoms with van der Waals surface area (Å²) in [4.78, 5) is 22.9. The molecule has 132 valence electrons. The lowest BCUT2D eigenvalue weighted by molar-refractivity contribution is 0.206. The van der Waals surface area contributed by atoms with Crippen molar-refractivity contribution in [1.82, 2.24) is 14.9 Å². The molecule has 3 aromatic rings. The van der Waals surface area contributed by atoms with E-state index in [0.29, 0.717) is 13.1 Å². The van der Waals surface area contributed by atoms with E-state index >= 15 is 0 Å². The largest absolute Gasteiger partial charge is 0.322 e. The highest BCUT2D eigenvalue weighted by Gasteiger charge is 2.15. The van der Waals surface area contributed by atoms with Crippen LogP contribution in [-0.2, 0) is 13.1 Å². The molecule has 0 bridgehead atoms. The summed E-state index contributed by atoms with van der Waals surface area (Å²) in [5.74, 6) is 0. The second-order valence-electron chi connectivity index (χ2n) is 6.38. The first-order valence-corrected chi connectivity index (χ1v) is 8.52. The summed E-state index contributed by atoms with van der Waals surface area (Å²) in [7, 11) is 0. The number of rotatable bonds is 5. The molecule has 2 amide bonds. The molecule has 0 radical (unpaired) electrons. The van der Waals surface area contributed by atoms with Gasteiger partial charge in [0.25, 0.3) is 0 Å². The van der Waals surface area contributed by atoms with Crippen LogP contribution in [0.4, 0.5) is 10.5 Å². The van der Waals surface area contributed by atoms with Gasteiger partial charge >= 0.3 is 6.03 Å². The Kier molecular flexibility index (Phi) is 5.59. The van der Waals surface area contributed by atoms with Gasteiger partial charge in [-0.15, -0.1) is 0 Å². The van der Waals surface area contributed by atoms with Crippen molar-refractivity contribution in [2.45, 2.75) is 26.9 Å². The molecule has 0 spiro atoms. The van der Waals surface area contributed by atoms with Gasteiger partial charge in [0.15, 0.2) is 0 Å². The van der Waals surface area contributed by atoms with E-state index in [0.717, 1.165) is 27.9 Å². The number of carbonyl (C=O) groups excluding carboxylic acids is 1. The van der Waals surface area contributed by atoms with E-state index in [1.807, 2.05) is 50.2 Å². The van der Waals surface area contributed by atoms with Gasteiger partial charge < -0.3 is 10.2 Å². The van der Waals surface area contributed by atoms with Gasteiger partial charge in [-0.1, -0.05) is 12.1 Å². The summed E-state index contributed by atoms with van der Waals surface area (Å²) in [5.41, 5.74) is 5.05. The van der Waals surface area contributed by atoms with E-state index in [-0.39, 0.29) is 6.03 Å². The van der Waals surface area contributed by atoms with Crippen molar-refractivity contribution < 1.29 is 4.79 Å². The standard InChI is InChI=1S/C21H22N4O/c1-16-10-17(2)12-20(11-16)24-21(26)25(14-18-5-8-22-9-6-18)15-19-4-3-7-23-13-19/h3-13H,14-15H2,1-2H3,(H,24,26). The fourth-order valence-corrected chi connectivity index (χ4v) is 2.87. The van der Waals surface area contributed by atoms with Crippen LogP contribution < -0.4 is 5.32 Å². The smallest absolute Gasteiger partial charge is 0.316 e. The highest BCUT2D eigenvalue weighted by atomic mass is 16.2. The second-order valence-corrected chi connectivity index (χ2v) is 6.38. The quantitative estimate of drug-likeness (QED) is 0.748. The van der Waals surface area contributed by atoms with Gasteiger partial charge in [0.2, 0.25) is 0 Å². The van der Waals surface area contributed by atoms with Gasteiger partial charge in [-0.05, 0) is 66.4 Å². The van der Waals surface area contributed by atoms with Gasteiger partial charge in [0, 0.05) is 43.6 Å². The number of hydrogen-bond donors (Lipinski definition) is 1. The maximum absolute atomic E-state index is 12.9. The molecular weight excluding hydrogens is 324 g/mol. The molecule has 0 atom stereocenters. The van der Waals surface area contributed by atoms with Crippen molar-refractivity contribution in [3.63, 3.8) is 0 Å². The van der Waals surface area contributed by atoms with Crippen LogP contribution in [0.2, 0.25) is 0 Å². The van der Waals surface area contributed by atoms with Gasteiger partial charge in [0.1, 0.15) is 0 Å². The molecule has 3 rings (SSSR count). The Bertz CT molecular complexity index is 804. The molecule has 0 aliphatic heterocycles. The number of amides is 2. The predicted molar refractivity (Wildman–Crippen MR) is 103 cm³/mol. The molecule has 5 heteroatoms. The summed E-state index contributed by atoms with van der Waals surface area (Å²) in [6, 6.07) is 13.6. The zero-order valence-electron chi connectivity index (χ0n) is 15.0. The lowest BCUT2D eigenvalue weighted by atomic mass is 10.1. The number of nitrogens with one attached hydrogen (secondary N) is 1. The number of aromatic nitrogens is 2. The second kappa shape index (κ2) is 8.25. The van der Waals surface area contributed by atoms with Gasteiger partial charge in [0.05, 0.1) is 0 Å². The lowest BCUT2D eigenvalue weighted by Gasteiger charge is -2.23. The number of benzene rings is 1. The first-order valence-electron chi connectivity index (χ1n) is 8.52. The van der Waals surface area contributed by atoms with E-state index < -0.39 is 0 Å². The highest BCUT2D eigenvalue weighted by Crippen LogP contribution is 2.16. The molecular formula is C21H22N4O. The summed E-state index contributed by atoms with van der Waals surface area (Å²) in [6.07, 6.45) is 6.98. The Labute approximate surface area is 153 Å². The molecule has 0 fully saturated rings. The van der Waals surface area contributed by atoms with Crippen LogP contribution in [0.3, 0.4) is 0 Å². The van der Waals surface area contributed by atoms with Crippen LogP contribution in [0.15, 0.2) is 67.3 Å². The Hall–Kier alpha value is -3.21. The summed E-state index contributed by atoms with van der Waals surface area (Å²) in [6.45, 7) is 5.01. The first-order chi connectivity index (χ1) is 12.6. The zero-order valence-corrected chi connectivity index (χ0v) is 15.0. The molecule has 1 aromatic carbocycles. The zero-order chi connectivity index (χ0) is 18.4. The lowest BCUT2D eigenvalue weighted by Crippen LogP contribution is -2.34. The Balaban J connectivity index is 1.80. The van der Waals surface area contributed by atoms with Crippen molar-refractivity contribution in [2.24, 2.45) is 0 Å². The summed E-state index contributed by atoms with van der Waals surface area (Å²) < 4.78 is 0. The average Bonchev–Trinajstić information content (AvgIpc) is 2.62. The Morgan fingerprint density at radius 2 is 1.62 bits per heavy atom. The van der Waals surface area contributed by atoms with E-state index in [4.69, 9.17) is 0 Å². The highest BCUT2D eigenvalue weighted by molar-refractivity contribution is 5.89. The van der Waals surface area contributed by atoms with Crippen molar-refractivity contribution in [2.75, 3.05) is 5.32 Å². The van der Waals surface area contributed by atoms with Crippen LogP contribution in [-0.4, -0.2) is 20.9 Å². The third-order valence-corrected chi connectivity index (χ3v) is 3.98. The SMILES string of the molecule is Cc1cc(C)cc(NC(=O)N(Cc2ccncc2)Cc2cccnc2)c1. The number of pyridine rings is 2. The number of urea groups is 1. The van der Waals surface area contributed by atoms with Crippen molar-refractivity contribution in [3.05, 3.63) is 89.5 Å². The van der Waals surface area contributed by atoms with Crippen LogP contribution in [0.5, 0.6) is 0 Å². The fraction of sp³-hybridized carbons (Fsp3) is 0.190. The van der Waals surface area contributed by atoms with E-state index in [2.05, 4.69) is 21.4 Å². The maximum Gasteiger partial charge on any atom is 0.322 e. The third kappa shape index (κ3) is 4.89. The van der Waals surface area contributed by atoms with Gasteiger partial charge in [-0.3, -0.25) is 9.97 Å². The van der Waals surface area contributed by atoms with E-state index in [9.17, 15) is 4.79 Å². The van der Waals surface area contributed by atoms with Gasteiger partial charge in [-0.25, -0.2) is 4.79 Å². The van der Waals surface area contributed by atoms with Crippen LogP contribution >= 0.6 is 0 Å². The van der Waals surface area contributed by atoms with Crippen molar-refractivity contribution in [3.8, 4) is 0 Å². The normalized spacial score (nSPS) is 10.4. The monoisotopic (exact) mass is 346 g/mol. The third-order valence-electron chi connectivity index (χ3n) is 3.98. The number of aryl methyl sites for hydroxylation is 2. The van der Waals surface area contributed by atoms with E-state index in [1.54, 1.807) is 29.7 Å². The molecule has 0 saturated carbocycles. The minimum absolute atomic E-state index is 0.143. The summed E-state index contributed by atoms with van der Waals surface area (Å²) in [5, 5.41) is 3.02. The van der Waals surface area contributed by atoms with Crippen molar-refractivity contribution >= 4 is 11.7 Å². The molecule has 0 saturated heterocycles. The molecule has 26 heavy (non-hydrogen) atoms. The predicted octanol–water partition coefficient (Wildman–Crippen LogP) is 4.33. The Morgan fingerprint density at radius 1 is 0.923 bits per heavy atom. The van der Waals surface area contributed by atoms with Crippen LogP contribution in [0.1, 0.15) is 22.3 Å². The molecule has 0 aliphatic carbocycles. The Morgan fingerprint density at radius 3 is 2.27 bits per heavy atom. The molecule has 0 unspecified atom stereocenters. The summed E-state index contributed by atoms with van der Waals surface area (Å²) >= 11 is 0. The minimum Gasteiger partial charge on any atom is -0.316 e. The number of carbonyl (C=O) groups is 1. The van der Waals surface area contributed by atoms with Crippen LogP contribution in [0.25, 0.3) is 0 Å². The minimum atomic E-state index is -0.143. The maximum atomic E-state index is 12.9. The molecule has 1 N–H and O–H groups in total. The number of nitrogens with zero attached hydrogens (tertiary/aromatic N) is 3. The average molecular weight is 346 g/mol. The van der Waals surface area contributed by atoms with Gasteiger partial charge in [-0.2, -0.15) is 0 Å². The molecule has 2 aromatic heterocycles. The number of anilines is 1. The topological polar surface area (TPSA) is 58.1 Å². The fourth-order valence-electron chi connectivity index (χ4n) is 2.87. The number of hydrogen-bond acceptors (Lipinski definition) is 3. The molecule has 0 aliphatic rings. The molecule has 2 heterocycles. The van der Waals surface area contributed by atoms with Crippen LogP contribution in [0, 0.1) is 13.8 Å². The van der Waals surface area contributed by atoms with E-state index in [1.165, 1.54) is 0 Å².